The number of fused-ring (bicyclic) bond motifs is 3. The van der Waals surface area contributed by atoms with Crippen molar-refractivity contribution >= 4 is 33.5 Å². The van der Waals surface area contributed by atoms with Gasteiger partial charge in [-0.25, -0.2) is 0 Å². The number of hydrogen-bond acceptors (Lipinski definition) is 4. The molecule has 0 spiro atoms. The monoisotopic (exact) mass is 303 g/mol. The maximum absolute atomic E-state index is 4.50. The van der Waals surface area contributed by atoms with Crippen molar-refractivity contribution in [2.75, 3.05) is 26.2 Å². The third kappa shape index (κ3) is 2.00. The third-order valence-electron chi connectivity index (χ3n) is 4.49. The average molecular weight is 303 g/mol. The van der Waals surface area contributed by atoms with E-state index >= 15 is 0 Å². The van der Waals surface area contributed by atoms with Gasteiger partial charge in [0.05, 0.1) is 13.1 Å². The summed E-state index contributed by atoms with van der Waals surface area (Å²) in [6.45, 7) is 3.58. The minimum Gasteiger partial charge on any atom is -0.368 e. The standard InChI is InChI=1S/C18H17N5/c1-3-13-14-4-2-12(18-21-7-8-22-18)10-16(14)23-15(13)9-11(1)17-19-5-6-20-17/h1-4,9-10,23H,5-8H2,(H,19,20)(H,21,22). The summed E-state index contributed by atoms with van der Waals surface area (Å²) in [6.07, 6.45) is 0. The van der Waals surface area contributed by atoms with E-state index in [1.54, 1.807) is 0 Å². The Morgan fingerprint density at radius 3 is 1.65 bits per heavy atom. The van der Waals surface area contributed by atoms with Crippen LogP contribution in [0.5, 0.6) is 0 Å². The van der Waals surface area contributed by atoms with Crippen LogP contribution in [0.3, 0.4) is 0 Å². The normalized spacial score (nSPS) is 17.2. The van der Waals surface area contributed by atoms with E-state index in [2.05, 4.69) is 62.0 Å². The Kier molecular flexibility index (Phi) is 2.67. The predicted molar refractivity (Wildman–Crippen MR) is 94.6 cm³/mol. The van der Waals surface area contributed by atoms with Gasteiger partial charge in [-0.1, -0.05) is 24.3 Å². The van der Waals surface area contributed by atoms with Crippen LogP contribution in [0, 0.1) is 0 Å². The van der Waals surface area contributed by atoms with Crippen molar-refractivity contribution in [3.05, 3.63) is 47.5 Å². The van der Waals surface area contributed by atoms with Gasteiger partial charge < -0.3 is 15.6 Å². The van der Waals surface area contributed by atoms with Crippen molar-refractivity contribution in [2.24, 2.45) is 9.98 Å². The number of aromatic amines is 1. The summed E-state index contributed by atoms with van der Waals surface area (Å²) in [5.74, 6) is 1.99. The number of aliphatic imine (C=N–C) groups is 2. The second-order valence-corrected chi connectivity index (χ2v) is 5.96. The van der Waals surface area contributed by atoms with Gasteiger partial charge in [0.2, 0.25) is 0 Å². The minimum absolute atomic E-state index is 0.860. The van der Waals surface area contributed by atoms with E-state index < -0.39 is 0 Å². The van der Waals surface area contributed by atoms with Gasteiger partial charge in [-0.2, -0.15) is 0 Å². The Hall–Kier alpha value is -2.82. The largest absolute Gasteiger partial charge is 0.368 e. The van der Waals surface area contributed by atoms with Gasteiger partial charge in [-0.15, -0.1) is 0 Å². The molecule has 23 heavy (non-hydrogen) atoms. The number of H-pyrrole nitrogens is 1. The molecule has 0 atom stereocenters. The average Bonchev–Trinajstić information content (AvgIpc) is 3.32. The molecule has 2 aliphatic rings. The van der Waals surface area contributed by atoms with Gasteiger partial charge in [0.25, 0.3) is 0 Å². The Morgan fingerprint density at radius 1 is 0.696 bits per heavy atom. The van der Waals surface area contributed by atoms with Crippen LogP contribution in [0.4, 0.5) is 0 Å². The molecule has 0 unspecified atom stereocenters. The molecular weight excluding hydrogens is 286 g/mol. The van der Waals surface area contributed by atoms with Crippen molar-refractivity contribution in [3.8, 4) is 0 Å². The van der Waals surface area contributed by atoms with Gasteiger partial charge in [-0.05, 0) is 12.1 Å². The van der Waals surface area contributed by atoms with Crippen molar-refractivity contribution < 1.29 is 0 Å². The molecule has 1 aromatic heterocycles. The lowest BCUT2D eigenvalue weighted by Crippen LogP contribution is -2.19. The van der Waals surface area contributed by atoms with Crippen LogP contribution in [0.25, 0.3) is 21.8 Å². The van der Waals surface area contributed by atoms with E-state index in [0.29, 0.717) is 0 Å². The number of benzene rings is 2. The molecule has 0 saturated carbocycles. The molecule has 2 aromatic carbocycles. The first-order valence-corrected chi connectivity index (χ1v) is 8.01. The minimum atomic E-state index is 0.860. The molecule has 0 radical (unpaired) electrons. The van der Waals surface area contributed by atoms with Crippen LogP contribution in [-0.4, -0.2) is 42.8 Å². The third-order valence-corrected chi connectivity index (χ3v) is 4.49. The lowest BCUT2D eigenvalue weighted by molar-refractivity contribution is 0.960. The fraction of sp³-hybridized carbons (Fsp3) is 0.222. The van der Waals surface area contributed by atoms with Crippen molar-refractivity contribution in [3.63, 3.8) is 0 Å². The lowest BCUT2D eigenvalue weighted by Gasteiger charge is -2.02. The molecule has 5 rings (SSSR count). The molecular formula is C18H17N5. The van der Waals surface area contributed by atoms with Crippen LogP contribution < -0.4 is 10.6 Å². The molecule has 0 amide bonds. The second kappa shape index (κ2) is 4.84. The van der Waals surface area contributed by atoms with E-state index in [9.17, 15) is 0 Å². The molecule has 3 aromatic rings. The Morgan fingerprint density at radius 2 is 1.22 bits per heavy atom. The van der Waals surface area contributed by atoms with E-state index in [4.69, 9.17) is 0 Å². The topological polar surface area (TPSA) is 64.6 Å². The highest BCUT2D eigenvalue weighted by Gasteiger charge is 2.13. The number of nitrogens with zero attached hydrogens (tertiary/aromatic N) is 2. The SMILES string of the molecule is c1cc2c(cc1C1=NCCN1)[nH]c1cc(C3=NCCN3)ccc12. The zero-order valence-corrected chi connectivity index (χ0v) is 12.7. The Balaban J connectivity index is 1.65. The molecule has 0 saturated heterocycles. The number of aromatic nitrogens is 1. The zero-order valence-electron chi connectivity index (χ0n) is 12.7. The first-order valence-electron chi connectivity index (χ1n) is 8.01. The number of nitrogens with one attached hydrogen (secondary N) is 3. The highest BCUT2D eigenvalue weighted by atomic mass is 15.1. The van der Waals surface area contributed by atoms with Crippen LogP contribution in [0.2, 0.25) is 0 Å². The number of hydrogen-bond donors (Lipinski definition) is 3. The molecule has 3 heterocycles. The highest BCUT2D eigenvalue weighted by molar-refractivity contribution is 6.12. The fourth-order valence-corrected chi connectivity index (χ4v) is 3.39. The molecule has 5 heteroatoms. The summed E-state index contributed by atoms with van der Waals surface area (Å²) in [6, 6.07) is 13.0. The first-order chi connectivity index (χ1) is 11.4. The predicted octanol–water partition coefficient (Wildman–Crippen LogP) is 2.02. The van der Waals surface area contributed by atoms with E-state index in [-0.39, 0.29) is 0 Å². The van der Waals surface area contributed by atoms with Crippen molar-refractivity contribution in [1.29, 1.82) is 0 Å². The number of rotatable bonds is 2. The summed E-state index contributed by atoms with van der Waals surface area (Å²) in [7, 11) is 0. The quantitative estimate of drug-likeness (QED) is 0.678. The molecule has 0 bridgehead atoms. The van der Waals surface area contributed by atoms with Crippen molar-refractivity contribution in [2.45, 2.75) is 0 Å². The first kappa shape index (κ1) is 12.7. The second-order valence-electron chi connectivity index (χ2n) is 5.96. The Bertz CT molecular complexity index is 901. The maximum atomic E-state index is 4.50. The van der Waals surface area contributed by atoms with Crippen LogP contribution in [0.1, 0.15) is 11.1 Å². The van der Waals surface area contributed by atoms with E-state index in [1.165, 1.54) is 10.8 Å². The van der Waals surface area contributed by atoms with E-state index in [0.717, 1.165) is 60.0 Å². The molecule has 3 N–H and O–H groups in total. The van der Waals surface area contributed by atoms with Gasteiger partial charge >= 0.3 is 0 Å². The molecule has 114 valence electrons. The summed E-state index contributed by atoms with van der Waals surface area (Å²) in [5.41, 5.74) is 4.58. The highest BCUT2D eigenvalue weighted by Crippen LogP contribution is 2.27. The van der Waals surface area contributed by atoms with Crippen LogP contribution in [0.15, 0.2) is 46.4 Å². The molecule has 5 nitrogen and oxygen atoms in total. The summed E-state index contributed by atoms with van der Waals surface area (Å²) in [5, 5.41) is 9.15. The van der Waals surface area contributed by atoms with Gasteiger partial charge in [-0.3, -0.25) is 9.98 Å². The van der Waals surface area contributed by atoms with Gasteiger partial charge in [0.1, 0.15) is 11.7 Å². The van der Waals surface area contributed by atoms with Crippen LogP contribution in [-0.2, 0) is 0 Å². The number of amidine groups is 2. The molecule has 0 fully saturated rings. The van der Waals surface area contributed by atoms with Gasteiger partial charge in [0, 0.05) is 46.0 Å². The van der Waals surface area contributed by atoms with E-state index in [1.807, 2.05) is 0 Å². The van der Waals surface area contributed by atoms with Gasteiger partial charge in [0.15, 0.2) is 0 Å². The fourth-order valence-electron chi connectivity index (χ4n) is 3.39. The Labute approximate surface area is 133 Å². The maximum Gasteiger partial charge on any atom is 0.128 e. The van der Waals surface area contributed by atoms with Crippen molar-refractivity contribution in [1.82, 2.24) is 15.6 Å². The molecule has 2 aliphatic heterocycles. The summed E-state index contributed by atoms with van der Waals surface area (Å²) in [4.78, 5) is 12.5. The summed E-state index contributed by atoms with van der Waals surface area (Å²) < 4.78 is 0. The lowest BCUT2D eigenvalue weighted by atomic mass is 10.1. The van der Waals surface area contributed by atoms with Crippen LogP contribution >= 0.6 is 0 Å². The zero-order chi connectivity index (χ0) is 15.2. The molecule has 0 aliphatic carbocycles. The summed E-state index contributed by atoms with van der Waals surface area (Å²) >= 11 is 0. The smallest absolute Gasteiger partial charge is 0.128 e.